The number of carbonyl (C=O) groups is 1. The fourth-order valence-electron chi connectivity index (χ4n) is 4.53. The maximum absolute atomic E-state index is 12.6. The molecule has 0 aliphatic carbocycles. The Balaban J connectivity index is 1.09. The highest BCUT2D eigenvalue weighted by Crippen LogP contribution is 2.20. The van der Waals surface area contributed by atoms with Crippen molar-refractivity contribution >= 4 is 27.5 Å². The van der Waals surface area contributed by atoms with Gasteiger partial charge < -0.3 is 14.0 Å². The van der Waals surface area contributed by atoms with Crippen LogP contribution in [0.2, 0.25) is 0 Å². The summed E-state index contributed by atoms with van der Waals surface area (Å²) in [6.45, 7) is 3.06. The minimum Gasteiger partial charge on any atom is -0.487 e. The van der Waals surface area contributed by atoms with Crippen LogP contribution >= 0.6 is 0 Å². The molecule has 4 heterocycles. The Labute approximate surface area is 199 Å². The molecule has 0 bridgehead atoms. The van der Waals surface area contributed by atoms with Crippen molar-refractivity contribution in [3.8, 4) is 5.75 Å². The zero-order valence-electron chi connectivity index (χ0n) is 18.9. The molecule has 0 saturated carbocycles. The van der Waals surface area contributed by atoms with Crippen molar-refractivity contribution in [2.24, 2.45) is 0 Å². The number of carbonyl (C=O) groups excluding carboxylic acids is 1. The van der Waals surface area contributed by atoms with Crippen LogP contribution in [-0.2, 0) is 21.2 Å². The zero-order chi connectivity index (χ0) is 23.5. The van der Waals surface area contributed by atoms with Crippen molar-refractivity contribution in [3.05, 3.63) is 72.2 Å². The fourth-order valence-corrected chi connectivity index (χ4v) is 6.29. The molecule has 2 aromatic heterocycles. The lowest BCUT2D eigenvalue weighted by atomic mass is 10.1. The number of hydrogen-bond acceptors (Lipinski definition) is 6. The third kappa shape index (κ3) is 5.31. The van der Waals surface area contributed by atoms with E-state index in [-0.39, 0.29) is 23.5 Å². The standard InChI is InChI=1S/C25H28N4O4S/c30-25(28-14-12-27(13-15-28)22-10-16-34(31,32)19-22)9-6-20-4-7-23(8-5-20)33-18-21-17-29-11-2-1-3-24(29)26-21/h1-9,11,17,22H,10,12-16,18-19H2/b9-6+. The van der Waals surface area contributed by atoms with Crippen molar-refractivity contribution in [1.29, 1.82) is 0 Å². The summed E-state index contributed by atoms with van der Waals surface area (Å²) < 4.78 is 31.2. The Bertz CT molecular complexity index is 1260. The molecular formula is C25H28N4O4S. The van der Waals surface area contributed by atoms with Gasteiger partial charge in [-0.25, -0.2) is 13.4 Å². The normalized spacial score (nSPS) is 20.8. The molecule has 9 heteroatoms. The maximum atomic E-state index is 12.6. The topological polar surface area (TPSA) is 84.2 Å². The molecule has 2 saturated heterocycles. The molecule has 34 heavy (non-hydrogen) atoms. The summed E-state index contributed by atoms with van der Waals surface area (Å²) in [4.78, 5) is 21.2. The monoisotopic (exact) mass is 480 g/mol. The van der Waals surface area contributed by atoms with Gasteiger partial charge in [0.2, 0.25) is 5.91 Å². The number of amides is 1. The molecule has 1 unspecified atom stereocenters. The number of fused-ring (bicyclic) bond motifs is 1. The summed E-state index contributed by atoms with van der Waals surface area (Å²) >= 11 is 0. The maximum Gasteiger partial charge on any atom is 0.246 e. The van der Waals surface area contributed by atoms with Crippen molar-refractivity contribution in [2.45, 2.75) is 19.1 Å². The van der Waals surface area contributed by atoms with E-state index in [1.807, 2.05) is 70.2 Å². The second-order valence-corrected chi connectivity index (χ2v) is 11.0. The van der Waals surface area contributed by atoms with Gasteiger partial charge in [0.15, 0.2) is 9.84 Å². The smallest absolute Gasteiger partial charge is 0.246 e. The van der Waals surface area contributed by atoms with E-state index in [2.05, 4.69) is 9.88 Å². The predicted molar refractivity (Wildman–Crippen MR) is 130 cm³/mol. The average Bonchev–Trinajstić information content (AvgIpc) is 3.44. The SMILES string of the molecule is O=C(/C=C/c1ccc(OCc2cn3ccccc3n2)cc1)N1CCN(C2CCS(=O)(=O)C2)CC1. The Morgan fingerprint density at radius 3 is 2.59 bits per heavy atom. The van der Waals surface area contributed by atoms with Crippen LogP contribution in [0.1, 0.15) is 17.7 Å². The van der Waals surface area contributed by atoms with E-state index < -0.39 is 9.84 Å². The van der Waals surface area contributed by atoms with E-state index in [1.165, 1.54) is 0 Å². The van der Waals surface area contributed by atoms with Crippen molar-refractivity contribution in [1.82, 2.24) is 19.2 Å². The van der Waals surface area contributed by atoms with E-state index in [4.69, 9.17) is 4.74 Å². The molecule has 0 N–H and O–H groups in total. The third-order valence-electron chi connectivity index (χ3n) is 6.45. The number of benzene rings is 1. The van der Waals surface area contributed by atoms with Gasteiger partial charge in [-0.2, -0.15) is 0 Å². The van der Waals surface area contributed by atoms with Gasteiger partial charge in [-0.15, -0.1) is 0 Å². The molecule has 3 aromatic rings. The highest BCUT2D eigenvalue weighted by Gasteiger charge is 2.34. The Kier molecular flexibility index (Phi) is 6.38. The molecule has 0 spiro atoms. The van der Waals surface area contributed by atoms with Gasteiger partial charge in [-0.05, 0) is 42.3 Å². The first kappa shape index (κ1) is 22.6. The molecule has 2 aliphatic rings. The second kappa shape index (κ2) is 9.60. The first-order valence-electron chi connectivity index (χ1n) is 11.5. The van der Waals surface area contributed by atoms with Gasteiger partial charge in [-0.3, -0.25) is 9.69 Å². The lowest BCUT2D eigenvalue weighted by Crippen LogP contribution is -2.52. The number of aromatic nitrogens is 2. The Morgan fingerprint density at radius 1 is 1.09 bits per heavy atom. The lowest BCUT2D eigenvalue weighted by molar-refractivity contribution is -0.127. The summed E-state index contributed by atoms with van der Waals surface area (Å²) in [5.74, 6) is 1.25. The molecule has 1 atom stereocenters. The minimum atomic E-state index is -2.89. The largest absolute Gasteiger partial charge is 0.487 e. The summed E-state index contributed by atoms with van der Waals surface area (Å²) in [5, 5.41) is 0. The molecule has 8 nitrogen and oxygen atoms in total. The molecule has 2 fully saturated rings. The number of hydrogen-bond donors (Lipinski definition) is 0. The van der Waals surface area contributed by atoms with Gasteiger partial charge in [-0.1, -0.05) is 18.2 Å². The highest BCUT2D eigenvalue weighted by molar-refractivity contribution is 7.91. The summed E-state index contributed by atoms with van der Waals surface area (Å²) in [6, 6.07) is 13.6. The first-order valence-corrected chi connectivity index (χ1v) is 13.3. The fraction of sp³-hybridized carbons (Fsp3) is 0.360. The van der Waals surface area contributed by atoms with E-state index in [0.717, 1.165) is 35.7 Å². The van der Waals surface area contributed by atoms with Crippen LogP contribution in [0, 0.1) is 0 Å². The van der Waals surface area contributed by atoms with Crippen LogP contribution < -0.4 is 4.74 Å². The number of ether oxygens (including phenoxy) is 1. The predicted octanol–water partition coefficient (Wildman–Crippen LogP) is 2.26. The van der Waals surface area contributed by atoms with Gasteiger partial charge in [0, 0.05) is 50.7 Å². The van der Waals surface area contributed by atoms with Gasteiger partial charge in [0.05, 0.1) is 17.2 Å². The van der Waals surface area contributed by atoms with Gasteiger partial charge in [0.25, 0.3) is 0 Å². The van der Waals surface area contributed by atoms with Crippen LogP contribution in [0.25, 0.3) is 11.7 Å². The number of nitrogens with zero attached hydrogens (tertiary/aromatic N) is 4. The molecule has 2 aliphatic heterocycles. The van der Waals surface area contributed by atoms with Gasteiger partial charge >= 0.3 is 0 Å². The molecule has 1 amide bonds. The number of piperazine rings is 1. The van der Waals surface area contributed by atoms with E-state index in [1.54, 1.807) is 6.08 Å². The van der Waals surface area contributed by atoms with Crippen molar-refractivity contribution in [2.75, 3.05) is 37.7 Å². The van der Waals surface area contributed by atoms with E-state index in [0.29, 0.717) is 26.1 Å². The number of imidazole rings is 1. The van der Waals surface area contributed by atoms with Crippen LogP contribution in [0.15, 0.2) is 60.9 Å². The lowest BCUT2D eigenvalue weighted by Gasteiger charge is -2.37. The molecule has 178 valence electrons. The molecule has 0 radical (unpaired) electrons. The number of sulfone groups is 1. The highest BCUT2D eigenvalue weighted by atomic mass is 32.2. The Morgan fingerprint density at radius 2 is 1.88 bits per heavy atom. The molecule has 5 rings (SSSR count). The minimum absolute atomic E-state index is 0.0223. The third-order valence-corrected chi connectivity index (χ3v) is 8.20. The van der Waals surface area contributed by atoms with Crippen LogP contribution in [0.3, 0.4) is 0 Å². The summed E-state index contributed by atoms with van der Waals surface area (Å²) in [7, 11) is -2.89. The summed E-state index contributed by atoms with van der Waals surface area (Å²) in [5.41, 5.74) is 2.66. The number of pyridine rings is 1. The first-order chi connectivity index (χ1) is 16.4. The zero-order valence-corrected chi connectivity index (χ0v) is 19.7. The van der Waals surface area contributed by atoms with E-state index in [9.17, 15) is 13.2 Å². The van der Waals surface area contributed by atoms with E-state index >= 15 is 0 Å². The Hall–Kier alpha value is -3.17. The van der Waals surface area contributed by atoms with Crippen LogP contribution in [0.5, 0.6) is 5.75 Å². The average molecular weight is 481 g/mol. The quantitative estimate of drug-likeness (QED) is 0.504. The molecule has 1 aromatic carbocycles. The molecular weight excluding hydrogens is 452 g/mol. The second-order valence-electron chi connectivity index (χ2n) is 8.81. The van der Waals surface area contributed by atoms with Crippen LogP contribution in [0.4, 0.5) is 0 Å². The van der Waals surface area contributed by atoms with Crippen molar-refractivity contribution in [3.63, 3.8) is 0 Å². The van der Waals surface area contributed by atoms with Crippen molar-refractivity contribution < 1.29 is 17.9 Å². The van der Waals surface area contributed by atoms with Crippen LogP contribution in [-0.4, -0.2) is 77.2 Å². The van der Waals surface area contributed by atoms with Gasteiger partial charge in [0.1, 0.15) is 18.0 Å². The number of rotatable bonds is 6. The summed E-state index contributed by atoms with van der Waals surface area (Å²) in [6.07, 6.45) is 8.02.